The van der Waals surface area contributed by atoms with E-state index in [9.17, 15) is 5.11 Å². The van der Waals surface area contributed by atoms with Crippen LogP contribution in [0, 0.1) is 0 Å². The zero-order valence-electron chi connectivity index (χ0n) is 13.6. The van der Waals surface area contributed by atoms with Crippen LogP contribution in [0.1, 0.15) is 18.1 Å². The average molecular weight is 374 g/mol. The zero-order valence-corrected chi connectivity index (χ0v) is 15.1. The molecule has 0 saturated heterocycles. The normalized spacial score (nSPS) is 14.3. The molecule has 0 amide bonds. The summed E-state index contributed by atoms with van der Waals surface area (Å²) in [4.78, 5) is 3.95. The molecule has 128 valence electrons. The molecule has 25 heavy (non-hydrogen) atoms. The lowest BCUT2D eigenvalue weighted by Crippen LogP contribution is -2.33. The van der Waals surface area contributed by atoms with Gasteiger partial charge in [-0.3, -0.25) is 0 Å². The van der Waals surface area contributed by atoms with Gasteiger partial charge in [-0.1, -0.05) is 59.6 Å². The maximum Gasteiger partial charge on any atom is 0.137 e. The number of hydrogen-bond donors (Lipinski definition) is 1. The summed E-state index contributed by atoms with van der Waals surface area (Å²) >= 11 is 12.3. The number of halogens is 2. The molecule has 2 aromatic carbocycles. The Hall–Kier alpha value is -2.14. The second-order valence-corrected chi connectivity index (χ2v) is 6.65. The molecule has 1 atom stereocenters. The SMILES string of the molecule is CC(=Cc1ccccc1Cl)C(O)(Cn1cncn1)c1ccc(Cl)cc1. The highest BCUT2D eigenvalue weighted by atomic mass is 35.5. The van der Waals surface area contributed by atoms with Crippen LogP contribution in [-0.4, -0.2) is 19.9 Å². The Labute approximate surface area is 156 Å². The zero-order chi connectivity index (χ0) is 17.9. The number of hydrogen-bond acceptors (Lipinski definition) is 3. The summed E-state index contributed by atoms with van der Waals surface area (Å²) in [7, 11) is 0. The topological polar surface area (TPSA) is 50.9 Å². The quantitative estimate of drug-likeness (QED) is 0.712. The Morgan fingerprint density at radius 2 is 1.88 bits per heavy atom. The molecule has 1 heterocycles. The van der Waals surface area contributed by atoms with E-state index in [-0.39, 0.29) is 6.54 Å². The van der Waals surface area contributed by atoms with Crippen molar-refractivity contribution in [3.05, 3.63) is 87.9 Å². The van der Waals surface area contributed by atoms with Crippen molar-refractivity contribution in [2.24, 2.45) is 0 Å². The summed E-state index contributed by atoms with van der Waals surface area (Å²) in [5.74, 6) is 0. The van der Waals surface area contributed by atoms with Gasteiger partial charge >= 0.3 is 0 Å². The van der Waals surface area contributed by atoms with Gasteiger partial charge in [0.25, 0.3) is 0 Å². The molecular weight excluding hydrogens is 357 g/mol. The molecule has 3 rings (SSSR count). The van der Waals surface area contributed by atoms with Gasteiger partial charge < -0.3 is 5.11 Å². The van der Waals surface area contributed by atoms with E-state index in [1.165, 1.54) is 6.33 Å². The molecular formula is C19H17Cl2N3O. The van der Waals surface area contributed by atoms with Gasteiger partial charge in [-0.05, 0) is 41.8 Å². The molecule has 0 aliphatic carbocycles. The van der Waals surface area contributed by atoms with Crippen molar-refractivity contribution in [3.63, 3.8) is 0 Å². The second kappa shape index (κ2) is 7.40. The number of nitrogens with zero attached hydrogens (tertiary/aromatic N) is 3. The first kappa shape index (κ1) is 17.7. The van der Waals surface area contributed by atoms with Crippen molar-refractivity contribution in [1.29, 1.82) is 0 Å². The van der Waals surface area contributed by atoms with Gasteiger partial charge in [0.15, 0.2) is 0 Å². The highest BCUT2D eigenvalue weighted by molar-refractivity contribution is 6.32. The minimum atomic E-state index is -1.28. The Morgan fingerprint density at radius 1 is 1.16 bits per heavy atom. The largest absolute Gasteiger partial charge is 0.379 e. The van der Waals surface area contributed by atoms with Crippen LogP contribution in [0.15, 0.2) is 66.8 Å². The van der Waals surface area contributed by atoms with E-state index in [1.54, 1.807) is 23.1 Å². The van der Waals surface area contributed by atoms with Crippen LogP contribution in [-0.2, 0) is 12.1 Å². The summed E-state index contributed by atoms with van der Waals surface area (Å²) in [5, 5.41) is 16.9. The van der Waals surface area contributed by atoms with E-state index in [2.05, 4.69) is 10.1 Å². The van der Waals surface area contributed by atoms with Crippen LogP contribution >= 0.6 is 23.2 Å². The van der Waals surface area contributed by atoms with Crippen LogP contribution in [0.2, 0.25) is 10.0 Å². The first-order valence-electron chi connectivity index (χ1n) is 7.73. The van der Waals surface area contributed by atoms with Crippen molar-refractivity contribution >= 4 is 29.3 Å². The van der Waals surface area contributed by atoms with Crippen molar-refractivity contribution < 1.29 is 5.11 Å². The van der Waals surface area contributed by atoms with Crippen molar-refractivity contribution in [3.8, 4) is 0 Å². The Bertz CT molecular complexity index is 876. The molecule has 1 unspecified atom stereocenters. The molecule has 6 heteroatoms. The predicted octanol–water partition coefficient (Wildman–Crippen LogP) is 4.58. The van der Waals surface area contributed by atoms with Gasteiger partial charge in [-0.15, -0.1) is 0 Å². The van der Waals surface area contributed by atoms with E-state index < -0.39 is 5.60 Å². The number of aliphatic hydroxyl groups is 1. The molecule has 0 bridgehead atoms. The fourth-order valence-corrected chi connectivity index (χ4v) is 2.98. The van der Waals surface area contributed by atoms with Crippen molar-refractivity contribution in [1.82, 2.24) is 14.8 Å². The highest BCUT2D eigenvalue weighted by Crippen LogP contribution is 2.34. The van der Waals surface area contributed by atoms with Crippen molar-refractivity contribution in [2.75, 3.05) is 0 Å². The lowest BCUT2D eigenvalue weighted by Gasteiger charge is -2.30. The van der Waals surface area contributed by atoms with E-state index >= 15 is 0 Å². The molecule has 4 nitrogen and oxygen atoms in total. The number of rotatable bonds is 5. The summed E-state index contributed by atoms with van der Waals surface area (Å²) in [5.41, 5.74) is 1.01. The minimum Gasteiger partial charge on any atom is -0.379 e. The van der Waals surface area contributed by atoms with Gasteiger partial charge in [0, 0.05) is 10.0 Å². The molecule has 1 N–H and O–H groups in total. The van der Waals surface area contributed by atoms with Gasteiger partial charge in [0.2, 0.25) is 0 Å². The van der Waals surface area contributed by atoms with E-state index in [1.807, 2.05) is 49.4 Å². The lowest BCUT2D eigenvalue weighted by molar-refractivity contribution is 0.0540. The molecule has 0 radical (unpaired) electrons. The van der Waals surface area contributed by atoms with E-state index in [0.29, 0.717) is 15.6 Å². The lowest BCUT2D eigenvalue weighted by atomic mass is 9.85. The van der Waals surface area contributed by atoms with Gasteiger partial charge in [-0.25, -0.2) is 9.67 Å². The van der Waals surface area contributed by atoms with Crippen LogP contribution in [0.4, 0.5) is 0 Å². The third-order valence-electron chi connectivity index (χ3n) is 4.11. The predicted molar refractivity (Wildman–Crippen MR) is 100 cm³/mol. The summed E-state index contributed by atoms with van der Waals surface area (Å²) < 4.78 is 1.60. The maximum absolute atomic E-state index is 11.5. The number of benzene rings is 2. The smallest absolute Gasteiger partial charge is 0.137 e. The van der Waals surface area contributed by atoms with Gasteiger partial charge in [0.1, 0.15) is 18.3 Å². The molecule has 0 spiro atoms. The Morgan fingerprint density at radius 3 is 2.52 bits per heavy atom. The third-order valence-corrected chi connectivity index (χ3v) is 4.70. The molecule has 0 saturated carbocycles. The van der Waals surface area contributed by atoms with Crippen molar-refractivity contribution in [2.45, 2.75) is 19.1 Å². The van der Waals surface area contributed by atoms with E-state index in [0.717, 1.165) is 11.1 Å². The van der Waals surface area contributed by atoms with E-state index in [4.69, 9.17) is 23.2 Å². The standard InChI is InChI=1S/C19H17Cl2N3O/c1-14(10-15-4-2-3-5-18(15)21)19(25,11-24-13-22-12-23-24)16-6-8-17(20)9-7-16/h2-10,12-13,25H,11H2,1H3. The summed E-state index contributed by atoms with van der Waals surface area (Å²) in [6.45, 7) is 2.09. The fourth-order valence-electron chi connectivity index (χ4n) is 2.66. The molecule has 0 fully saturated rings. The summed E-state index contributed by atoms with van der Waals surface area (Å²) in [6, 6.07) is 14.6. The fraction of sp³-hybridized carbons (Fsp3) is 0.158. The van der Waals surface area contributed by atoms with Crippen LogP contribution in [0.3, 0.4) is 0 Å². The van der Waals surface area contributed by atoms with Gasteiger partial charge in [-0.2, -0.15) is 5.10 Å². The Kier molecular flexibility index (Phi) is 5.23. The average Bonchev–Trinajstić information content (AvgIpc) is 3.10. The first-order valence-corrected chi connectivity index (χ1v) is 8.49. The molecule has 1 aromatic heterocycles. The van der Waals surface area contributed by atoms with Crippen LogP contribution in [0.5, 0.6) is 0 Å². The second-order valence-electron chi connectivity index (χ2n) is 5.81. The minimum absolute atomic E-state index is 0.224. The van der Waals surface area contributed by atoms with Crippen LogP contribution < -0.4 is 0 Å². The monoisotopic (exact) mass is 373 g/mol. The highest BCUT2D eigenvalue weighted by Gasteiger charge is 2.32. The maximum atomic E-state index is 11.5. The Balaban J connectivity index is 2.06. The molecule has 0 aliphatic rings. The molecule has 0 aliphatic heterocycles. The molecule has 3 aromatic rings. The number of aromatic nitrogens is 3. The van der Waals surface area contributed by atoms with Gasteiger partial charge in [0.05, 0.1) is 6.54 Å². The first-order chi connectivity index (χ1) is 12.0. The van der Waals surface area contributed by atoms with Crippen LogP contribution in [0.25, 0.3) is 6.08 Å². The third kappa shape index (κ3) is 3.93. The summed E-state index contributed by atoms with van der Waals surface area (Å²) in [6.07, 6.45) is 4.90.